The maximum Gasteiger partial charge on any atom is 0.221 e. The fraction of sp³-hybridized carbons (Fsp3) is 0.545. The number of rotatable bonds is 6. The largest absolute Gasteiger partial charge is 0.354 e. The summed E-state index contributed by atoms with van der Waals surface area (Å²) in [7, 11) is 0. The zero-order chi connectivity index (χ0) is 12.0. The van der Waals surface area contributed by atoms with Gasteiger partial charge in [0.2, 0.25) is 5.91 Å². The molecule has 0 bridgehead atoms. The minimum Gasteiger partial charge on any atom is -0.354 e. The van der Waals surface area contributed by atoms with Gasteiger partial charge in [0, 0.05) is 40.3 Å². The molecule has 3 nitrogen and oxygen atoms in total. The maximum atomic E-state index is 11.3. The zero-order valence-electron chi connectivity index (χ0n) is 9.55. The van der Waals surface area contributed by atoms with Crippen LogP contribution in [0.1, 0.15) is 25.1 Å². The first-order chi connectivity index (χ1) is 7.58. The molecule has 0 unspecified atom stereocenters. The summed E-state index contributed by atoms with van der Waals surface area (Å²) in [6.45, 7) is 5.47. The second kappa shape index (κ2) is 7.04. The van der Waals surface area contributed by atoms with Crippen LogP contribution in [0.25, 0.3) is 0 Å². The predicted octanol–water partition coefficient (Wildman–Crippen LogP) is 2.51. The van der Waals surface area contributed by atoms with E-state index in [0.717, 1.165) is 11.0 Å². The molecule has 1 heterocycles. The van der Waals surface area contributed by atoms with Gasteiger partial charge in [0.15, 0.2) is 0 Å². The first-order valence-corrected chi connectivity index (χ1v) is 6.98. The van der Waals surface area contributed by atoms with E-state index in [1.165, 1.54) is 4.88 Å². The van der Waals surface area contributed by atoms with E-state index in [9.17, 15) is 4.79 Å². The topological polar surface area (TPSA) is 41.1 Å². The first-order valence-electron chi connectivity index (χ1n) is 5.31. The van der Waals surface area contributed by atoms with Crippen molar-refractivity contribution >= 4 is 33.2 Å². The van der Waals surface area contributed by atoms with Crippen molar-refractivity contribution in [3.63, 3.8) is 0 Å². The molecule has 0 saturated heterocycles. The number of thiophene rings is 1. The Hall–Kier alpha value is -0.390. The van der Waals surface area contributed by atoms with Crippen molar-refractivity contribution in [3.05, 3.63) is 20.8 Å². The molecule has 0 aliphatic carbocycles. The summed E-state index contributed by atoms with van der Waals surface area (Å²) in [4.78, 5) is 12.6. The summed E-state index contributed by atoms with van der Waals surface area (Å²) in [5, 5.41) is 8.17. The van der Waals surface area contributed by atoms with E-state index in [2.05, 4.69) is 38.0 Å². The average molecular weight is 305 g/mol. The molecule has 0 fully saturated rings. The van der Waals surface area contributed by atoms with Crippen LogP contribution in [-0.2, 0) is 11.3 Å². The molecular weight excluding hydrogens is 288 g/mol. The molecule has 90 valence electrons. The third-order valence-electron chi connectivity index (χ3n) is 1.90. The highest BCUT2D eigenvalue weighted by Crippen LogP contribution is 2.19. The van der Waals surface area contributed by atoms with Gasteiger partial charge < -0.3 is 10.6 Å². The molecule has 2 N–H and O–H groups in total. The lowest BCUT2D eigenvalue weighted by atomic mass is 10.3. The highest BCUT2D eigenvalue weighted by atomic mass is 79.9. The Balaban J connectivity index is 2.10. The van der Waals surface area contributed by atoms with Crippen LogP contribution in [-0.4, -0.2) is 18.5 Å². The Labute approximate surface area is 109 Å². The minimum absolute atomic E-state index is 0.106. The van der Waals surface area contributed by atoms with Crippen molar-refractivity contribution in [3.8, 4) is 0 Å². The average Bonchev–Trinajstić information content (AvgIpc) is 2.58. The van der Waals surface area contributed by atoms with Gasteiger partial charge in [-0.3, -0.25) is 4.79 Å². The van der Waals surface area contributed by atoms with Gasteiger partial charge in [0.1, 0.15) is 0 Å². The van der Waals surface area contributed by atoms with Gasteiger partial charge in [0.25, 0.3) is 0 Å². The van der Waals surface area contributed by atoms with E-state index in [1.807, 2.05) is 13.8 Å². The second-order valence-corrected chi connectivity index (χ2v) is 5.79. The standard InChI is InChI=1S/C11H17BrN2OS/c1-8(2)14-11(15)3-4-13-6-10-5-9(12)7-16-10/h5,7-8,13H,3-4,6H2,1-2H3,(H,14,15). The van der Waals surface area contributed by atoms with Crippen LogP contribution >= 0.6 is 27.3 Å². The molecule has 0 aromatic carbocycles. The van der Waals surface area contributed by atoms with Gasteiger partial charge in [-0.05, 0) is 35.8 Å². The maximum absolute atomic E-state index is 11.3. The third-order valence-corrected chi connectivity index (χ3v) is 3.60. The summed E-state index contributed by atoms with van der Waals surface area (Å²) < 4.78 is 1.12. The van der Waals surface area contributed by atoms with E-state index < -0.39 is 0 Å². The summed E-state index contributed by atoms with van der Waals surface area (Å²) >= 11 is 5.12. The van der Waals surface area contributed by atoms with Gasteiger partial charge in [0.05, 0.1) is 0 Å². The third kappa shape index (κ3) is 5.63. The summed E-state index contributed by atoms with van der Waals surface area (Å²) in [6.07, 6.45) is 0.532. The number of halogens is 1. The lowest BCUT2D eigenvalue weighted by Crippen LogP contribution is -2.32. The van der Waals surface area contributed by atoms with Crippen LogP contribution in [0, 0.1) is 0 Å². The van der Waals surface area contributed by atoms with Crippen LogP contribution in [0.5, 0.6) is 0 Å². The lowest BCUT2D eigenvalue weighted by Gasteiger charge is -2.08. The van der Waals surface area contributed by atoms with Gasteiger partial charge in [-0.1, -0.05) is 0 Å². The monoisotopic (exact) mass is 304 g/mol. The predicted molar refractivity (Wildman–Crippen MR) is 71.6 cm³/mol. The minimum atomic E-state index is 0.106. The molecule has 1 rings (SSSR count). The smallest absolute Gasteiger partial charge is 0.221 e. The Kier molecular flexibility index (Phi) is 6.01. The van der Waals surface area contributed by atoms with Gasteiger partial charge in [-0.2, -0.15) is 0 Å². The molecule has 0 radical (unpaired) electrons. The van der Waals surface area contributed by atoms with Crippen LogP contribution in [0.15, 0.2) is 15.9 Å². The van der Waals surface area contributed by atoms with Crippen LogP contribution in [0.2, 0.25) is 0 Å². The zero-order valence-corrected chi connectivity index (χ0v) is 12.0. The van der Waals surface area contributed by atoms with Gasteiger partial charge >= 0.3 is 0 Å². The van der Waals surface area contributed by atoms with Crippen molar-refractivity contribution in [2.75, 3.05) is 6.54 Å². The molecule has 16 heavy (non-hydrogen) atoms. The van der Waals surface area contributed by atoms with Crippen molar-refractivity contribution < 1.29 is 4.79 Å². The van der Waals surface area contributed by atoms with E-state index in [1.54, 1.807) is 11.3 Å². The van der Waals surface area contributed by atoms with Crippen molar-refractivity contribution in [1.82, 2.24) is 10.6 Å². The number of hydrogen-bond donors (Lipinski definition) is 2. The molecule has 0 aliphatic heterocycles. The Morgan fingerprint density at radius 1 is 1.56 bits per heavy atom. The summed E-state index contributed by atoms with van der Waals surface area (Å²) in [5.74, 6) is 0.106. The van der Waals surface area contributed by atoms with Crippen LogP contribution < -0.4 is 10.6 Å². The summed E-state index contributed by atoms with van der Waals surface area (Å²) in [6, 6.07) is 2.31. The van der Waals surface area contributed by atoms with Crippen molar-refractivity contribution in [2.24, 2.45) is 0 Å². The highest BCUT2D eigenvalue weighted by Gasteiger charge is 2.02. The highest BCUT2D eigenvalue weighted by molar-refractivity contribution is 9.10. The fourth-order valence-electron chi connectivity index (χ4n) is 1.25. The van der Waals surface area contributed by atoms with Crippen LogP contribution in [0.3, 0.4) is 0 Å². The first kappa shape index (κ1) is 13.7. The molecule has 0 atom stereocenters. The number of carbonyl (C=O) groups excluding carboxylic acids is 1. The SMILES string of the molecule is CC(C)NC(=O)CCNCc1cc(Br)cs1. The molecule has 1 aromatic heterocycles. The summed E-state index contributed by atoms with van der Waals surface area (Å²) in [5.41, 5.74) is 0. The van der Waals surface area contributed by atoms with Gasteiger partial charge in [-0.25, -0.2) is 0 Å². The molecule has 0 saturated carbocycles. The number of carbonyl (C=O) groups is 1. The quantitative estimate of drug-likeness (QED) is 0.793. The molecule has 1 amide bonds. The van der Waals surface area contributed by atoms with E-state index in [0.29, 0.717) is 13.0 Å². The number of amides is 1. The van der Waals surface area contributed by atoms with Crippen molar-refractivity contribution in [1.29, 1.82) is 0 Å². The fourth-order valence-corrected chi connectivity index (χ4v) is 2.67. The molecular formula is C11H17BrN2OS. The lowest BCUT2D eigenvalue weighted by molar-refractivity contribution is -0.121. The Bertz CT molecular complexity index is 338. The van der Waals surface area contributed by atoms with E-state index in [4.69, 9.17) is 0 Å². The Morgan fingerprint density at radius 3 is 2.88 bits per heavy atom. The number of nitrogens with one attached hydrogen (secondary N) is 2. The second-order valence-electron chi connectivity index (χ2n) is 3.88. The van der Waals surface area contributed by atoms with Crippen LogP contribution in [0.4, 0.5) is 0 Å². The molecule has 0 aliphatic rings. The van der Waals surface area contributed by atoms with E-state index in [-0.39, 0.29) is 11.9 Å². The molecule has 5 heteroatoms. The Morgan fingerprint density at radius 2 is 2.31 bits per heavy atom. The van der Waals surface area contributed by atoms with Crippen molar-refractivity contribution in [2.45, 2.75) is 32.9 Å². The van der Waals surface area contributed by atoms with Gasteiger partial charge in [-0.15, -0.1) is 11.3 Å². The normalized spacial score (nSPS) is 10.8. The van der Waals surface area contributed by atoms with E-state index >= 15 is 0 Å². The molecule has 0 spiro atoms. The molecule has 1 aromatic rings. The number of hydrogen-bond acceptors (Lipinski definition) is 3.